The van der Waals surface area contributed by atoms with Crippen molar-refractivity contribution in [3.8, 4) is 17.1 Å². The Hall–Kier alpha value is -2.70. The van der Waals surface area contributed by atoms with Crippen molar-refractivity contribution in [2.24, 2.45) is 0 Å². The molecule has 0 aliphatic heterocycles. The van der Waals surface area contributed by atoms with Crippen LogP contribution in [0.1, 0.15) is 5.56 Å². The van der Waals surface area contributed by atoms with Gasteiger partial charge < -0.3 is 19.1 Å². The number of nitrogens with zero attached hydrogens (tertiary/aromatic N) is 3. The first kappa shape index (κ1) is 17.1. The van der Waals surface area contributed by atoms with E-state index in [1.807, 2.05) is 47.2 Å². The Balaban J connectivity index is 1.51. The van der Waals surface area contributed by atoms with E-state index in [2.05, 4.69) is 9.97 Å². The van der Waals surface area contributed by atoms with Crippen LogP contribution >= 0.6 is 0 Å². The molecule has 25 heavy (non-hydrogen) atoms. The Morgan fingerprint density at radius 3 is 2.56 bits per heavy atom. The molecule has 0 amide bonds. The minimum atomic E-state index is -0.618. The fraction of sp³-hybridized carbons (Fsp3) is 0.263. The molecule has 130 valence electrons. The number of aliphatic hydroxyl groups is 1. The average Bonchev–Trinajstić information content (AvgIpc) is 3.11. The van der Waals surface area contributed by atoms with Gasteiger partial charge in [0.1, 0.15) is 11.6 Å². The first-order valence-electron chi connectivity index (χ1n) is 8.06. The van der Waals surface area contributed by atoms with Gasteiger partial charge in [-0.3, -0.25) is 4.98 Å². The molecule has 0 fully saturated rings. The zero-order valence-electron chi connectivity index (χ0n) is 14.1. The summed E-state index contributed by atoms with van der Waals surface area (Å²) in [4.78, 5) is 8.37. The molecule has 1 atom stereocenters. The third-order valence-corrected chi connectivity index (χ3v) is 3.80. The number of aromatic nitrogens is 3. The maximum atomic E-state index is 10.2. The van der Waals surface area contributed by atoms with Crippen molar-refractivity contribution >= 4 is 0 Å². The van der Waals surface area contributed by atoms with Gasteiger partial charge in [-0.05, 0) is 29.8 Å². The van der Waals surface area contributed by atoms with Crippen molar-refractivity contribution in [2.75, 3.05) is 13.7 Å². The molecule has 0 radical (unpaired) electrons. The summed E-state index contributed by atoms with van der Waals surface area (Å²) in [6.07, 6.45) is 6.40. The zero-order valence-corrected chi connectivity index (χ0v) is 14.1. The van der Waals surface area contributed by atoms with Crippen LogP contribution in [0.5, 0.6) is 5.75 Å². The van der Waals surface area contributed by atoms with E-state index < -0.39 is 6.10 Å². The van der Waals surface area contributed by atoms with Crippen molar-refractivity contribution in [1.29, 1.82) is 0 Å². The Kier molecular flexibility index (Phi) is 5.77. The van der Waals surface area contributed by atoms with Gasteiger partial charge in [-0.15, -0.1) is 0 Å². The number of rotatable bonds is 8. The van der Waals surface area contributed by atoms with Gasteiger partial charge >= 0.3 is 0 Å². The van der Waals surface area contributed by atoms with Crippen LogP contribution in [0.15, 0.2) is 61.2 Å². The fourth-order valence-electron chi connectivity index (χ4n) is 2.53. The quantitative estimate of drug-likeness (QED) is 0.683. The molecule has 1 unspecified atom stereocenters. The largest absolute Gasteiger partial charge is 0.497 e. The van der Waals surface area contributed by atoms with Crippen LogP contribution in [0.3, 0.4) is 0 Å². The topological polar surface area (TPSA) is 69.4 Å². The highest BCUT2D eigenvalue weighted by Crippen LogP contribution is 2.16. The van der Waals surface area contributed by atoms with Gasteiger partial charge in [-0.1, -0.05) is 12.1 Å². The summed E-state index contributed by atoms with van der Waals surface area (Å²) in [5.41, 5.74) is 2.00. The van der Waals surface area contributed by atoms with Crippen molar-refractivity contribution in [2.45, 2.75) is 19.3 Å². The molecule has 0 saturated heterocycles. The molecular formula is C19H21N3O3. The Morgan fingerprint density at radius 2 is 1.84 bits per heavy atom. The summed E-state index contributed by atoms with van der Waals surface area (Å²) >= 11 is 0. The highest BCUT2D eigenvalue weighted by atomic mass is 16.5. The minimum Gasteiger partial charge on any atom is -0.497 e. The lowest BCUT2D eigenvalue weighted by molar-refractivity contribution is 0.0205. The molecule has 2 aromatic heterocycles. The summed E-state index contributed by atoms with van der Waals surface area (Å²) in [6, 6.07) is 11.5. The van der Waals surface area contributed by atoms with Gasteiger partial charge in [-0.2, -0.15) is 0 Å². The molecule has 0 bridgehead atoms. The van der Waals surface area contributed by atoms with Crippen LogP contribution < -0.4 is 4.74 Å². The first-order valence-corrected chi connectivity index (χ1v) is 8.06. The highest BCUT2D eigenvalue weighted by molar-refractivity contribution is 5.54. The van der Waals surface area contributed by atoms with Gasteiger partial charge in [0.2, 0.25) is 0 Å². The molecular weight excluding hydrogens is 318 g/mol. The molecule has 2 heterocycles. The van der Waals surface area contributed by atoms with E-state index in [0.29, 0.717) is 13.2 Å². The summed E-state index contributed by atoms with van der Waals surface area (Å²) in [7, 11) is 1.64. The number of aliphatic hydroxyl groups excluding tert-OH is 1. The van der Waals surface area contributed by atoms with E-state index in [-0.39, 0.29) is 6.61 Å². The minimum absolute atomic E-state index is 0.250. The number of imidazole rings is 1. The summed E-state index contributed by atoms with van der Waals surface area (Å²) < 4.78 is 12.7. The number of methoxy groups -OCH3 is 1. The highest BCUT2D eigenvalue weighted by Gasteiger charge is 2.11. The summed E-state index contributed by atoms with van der Waals surface area (Å²) in [6.45, 7) is 1.11. The van der Waals surface area contributed by atoms with E-state index in [4.69, 9.17) is 9.47 Å². The second-order valence-corrected chi connectivity index (χ2v) is 5.66. The van der Waals surface area contributed by atoms with Crippen molar-refractivity contribution in [3.63, 3.8) is 0 Å². The molecule has 0 spiro atoms. The molecule has 0 aliphatic carbocycles. The monoisotopic (exact) mass is 339 g/mol. The molecule has 6 heteroatoms. The molecule has 1 N–H and O–H groups in total. The van der Waals surface area contributed by atoms with Crippen LogP contribution in [0.25, 0.3) is 11.4 Å². The zero-order chi connectivity index (χ0) is 17.5. The number of hydrogen-bond acceptors (Lipinski definition) is 5. The predicted molar refractivity (Wildman–Crippen MR) is 94.1 cm³/mol. The first-order chi connectivity index (χ1) is 12.3. The molecule has 3 rings (SSSR count). The molecule has 6 nitrogen and oxygen atoms in total. The van der Waals surface area contributed by atoms with Gasteiger partial charge in [0.05, 0.1) is 33.0 Å². The summed E-state index contributed by atoms with van der Waals surface area (Å²) in [5, 5.41) is 10.2. The lowest BCUT2D eigenvalue weighted by Gasteiger charge is -2.14. The number of hydrogen-bond donors (Lipinski definition) is 1. The van der Waals surface area contributed by atoms with Gasteiger partial charge in [-0.25, -0.2) is 4.98 Å². The molecule has 0 aliphatic rings. The fourth-order valence-corrected chi connectivity index (χ4v) is 2.53. The van der Waals surface area contributed by atoms with Gasteiger partial charge in [0.15, 0.2) is 0 Å². The lowest BCUT2D eigenvalue weighted by Crippen LogP contribution is -2.22. The van der Waals surface area contributed by atoms with Gasteiger partial charge in [0.25, 0.3) is 0 Å². The van der Waals surface area contributed by atoms with Crippen LogP contribution in [0.4, 0.5) is 0 Å². The van der Waals surface area contributed by atoms with Crippen LogP contribution in [-0.2, 0) is 17.9 Å². The maximum absolute atomic E-state index is 10.2. The van der Waals surface area contributed by atoms with E-state index in [9.17, 15) is 5.11 Å². The lowest BCUT2D eigenvalue weighted by atomic mass is 10.2. The van der Waals surface area contributed by atoms with E-state index in [1.165, 1.54) is 0 Å². The summed E-state index contributed by atoms with van der Waals surface area (Å²) in [5.74, 6) is 1.61. The Labute approximate surface area is 146 Å². The van der Waals surface area contributed by atoms with Crippen LogP contribution in [0, 0.1) is 0 Å². The number of benzene rings is 1. The molecule has 3 aromatic rings. The molecule has 0 saturated carbocycles. The second kappa shape index (κ2) is 8.41. The van der Waals surface area contributed by atoms with Crippen molar-refractivity contribution in [1.82, 2.24) is 14.5 Å². The maximum Gasteiger partial charge on any atom is 0.140 e. The number of ether oxygens (including phenoxy) is 2. The predicted octanol–water partition coefficient (Wildman–Crippen LogP) is 2.53. The van der Waals surface area contributed by atoms with Crippen molar-refractivity contribution in [3.05, 3.63) is 66.7 Å². The van der Waals surface area contributed by atoms with Crippen LogP contribution in [0.2, 0.25) is 0 Å². The van der Waals surface area contributed by atoms with E-state index >= 15 is 0 Å². The normalized spacial score (nSPS) is 12.1. The average molecular weight is 339 g/mol. The Bertz CT molecular complexity index is 772. The van der Waals surface area contributed by atoms with E-state index in [1.54, 1.807) is 25.7 Å². The standard InChI is InChI=1S/C19H21N3O3/c1-24-18-4-2-15(3-5-18)13-25-14-17(23)12-22-11-10-21-19(22)16-6-8-20-9-7-16/h2-11,17,23H,12-14H2,1H3. The number of pyridine rings is 1. The van der Waals surface area contributed by atoms with Gasteiger partial charge in [0, 0.05) is 30.4 Å². The SMILES string of the molecule is COc1ccc(COCC(O)Cn2ccnc2-c2ccncc2)cc1. The molecule has 1 aromatic carbocycles. The Morgan fingerprint density at radius 1 is 1.08 bits per heavy atom. The van der Waals surface area contributed by atoms with Crippen molar-refractivity contribution < 1.29 is 14.6 Å². The third-order valence-electron chi connectivity index (χ3n) is 3.80. The third kappa shape index (κ3) is 4.65. The smallest absolute Gasteiger partial charge is 0.140 e. The van der Waals surface area contributed by atoms with Crippen LogP contribution in [-0.4, -0.2) is 39.5 Å². The second-order valence-electron chi connectivity index (χ2n) is 5.66. The van der Waals surface area contributed by atoms with E-state index in [0.717, 1.165) is 22.7 Å².